The molecule has 0 bridgehead atoms. The summed E-state index contributed by atoms with van der Waals surface area (Å²) < 4.78 is 11.7. The number of ether oxygens (including phenoxy) is 2. The van der Waals surface area contributed by atoms with Gasteiger partial charge in [0.2, 0.25) is 5.95 Å². The highest BCUT2D eigenvalue weighted by Crippen LogP contribution is 2.38. The number of fused-ring (bicyclic) bond motifs is 1. The van der Waals surface area contributed by atoms with Gasteiger partial charge in [-0.3, -0.25) is 4.98 Å². The van der Waals surface area contributed by atoms with Crippen LogP contribution in [0.25, 0.3) is 10.9 Å². The molecular formula is C23H23N5O2. The first-order chi connectivity index (χ1) is 14.5. The monoisotopic (exact) mass is 401 g/mol. The lowest BCUT2D eigenvalue weighted by Gasteiger charge is -2.16. The van der Waals surface area contributed by atoms with Crippen LogP contribution in [-0.2, 0) is 0 Å². The van der Waals surface area contributed by atoms with Crippen molar-refractivity contribution in [3.05, 3.63) is 65.5 Å². The first-order valence-corrected chi connectivity index (χ1v) is 9.54. The molecule has 0 aliphatic carbocycles. The van der Waals surface area contributed by atoms with Gasteiger partial charge in [-0.25, -0.2) is 4.98 Å². The Morgan fingerprint density at radius 3 is 2.50 bits per heavy atom. The molecular weight excluding hydrogens is 378 g/mol. The maximum atomic E-state index is 6.31. The van der Waals surface area contributed by atoms with E-state index in [1.807, 2.05) is 63.2 Å². The summed E-state index contributed by atoms with van der Waals surface area (Å²) in [6.07, 6.45) is 1.73. The lowest BCUT2D eigenvalue weighted by atomic mass is 10.1. The van der Waals surface area contributed by atoms with Crippen LogP contribution in [0.3, 0.4) is 0 Å². The van der Waals surface area contributed by atoms with Crippen LogP contribution in [0.4, 0.5) is 17.5 Å². The van der Waals surface area contributed by atoms with E-state index in [0.717, 1.165) is 34.0 Å². The quantitative estimate of drug-likeness (QED) is 0.482. The highest BCUT2D eigenvalue weighted by molar-refractivity contribution is 5.95. The van der Waals surface area contributed by atoms with Gasteiger partial charge in [-0.1, -0.05) is 12.1 Å². The fourth-order valence-electron chi connectivity index (χ4n) is 3.29. The number of aryl methyl sites for hydroxylation is 2. The number of rotatable bonds is 5. The van der Waals surface area contributed by atoms with Crippen LogP contribution in [0.1, 0.15) is 16.8 Å². The van der Waals surface area contributed by atoms with Crippen LogP contribution < -0.4 is 20.5 Å². The number of methoxy groups -OCH3 is 1. The summed E-state index contributed by atoms with van der Waals surface area (Å²) in [5.41, 5.74) is 10.6. The van der Waals surface area contributed by atoms with Crippen molar-refractivity contribution in [1.29, 1.82) is 0 Å². The Morgan fingerprint density at radius 2 is 1.77 bits per heavy atom. The van der Waals surface area contributed by atoms with Gasteiger partial charge >= 0.3 is 0 Å². The molecule has 152 valence electrons. The van der Waals surface area contributed by atoms with E-state index in [9.17, 15) is 0 Å². The molecule has 3 N–H and O–H groups in total. The Morgan fingerprint density at radius 1 is 0.933 bits per heavy atom. The van der Waals surface area contributed by atoms with E-state index in [-0.39, 0.29) is 0 Å². The molecule has 4 aromatic rings. The number of nitrogens with zero attached hydrogens (tertiary/aromatic N) is 3. The zero-order valence-electron chi connectivity index (χ0n) is 17.4. The lowest BCUT2D eigenvalue weighted by Crippen LogP contribution is -2.03. The van der Waals surface area contributed by atoms with Gasteiger partial charge in [0.25, 0.3) is 0 Å². The highest BCUT2D eigenvalue weighted by Gasteiger charge is 2.15. The molecule has 7 heteroatoms. The van der Waals surface area contributed by atoms with E-state index in [0.29, 0.717) is 28.4 Å². The van der Waals surface area contributed by atoms with Crippen molar-refractivity contribution in [2.24, 2.45) is 0 Å². The van der Waals surface area contributed by atoms with Gasteiger partial charge in [-0.2, -0.15) is 4.98 Å². The number of hydrogen-bond donors (Lipinski definition) is 2. The van der Waals surface area contributed by atoms with E-state index < -0.39 is 0 Å². The molecule has 0 aliphatic heterocycles. The summed E-state index contributed by atoms with van der Waals surface area (Å²) in [7, 11) is 1.64. The number of benzene rings is 2. The zero-order chi connectivity index (χ0) is 21.3. The number of aromatic nitrogens is 3. The van der Waals surface area contributed by atoms with Gasteiger partial charge < -0.3 is 20.5 Å². The molecule has 0 radical (unpaired) electrons. The molecule has 2 heterocycles. The van der Waals surface area contributed by atoms with Crippen molar-refractivity contribution in [3.8, 4) is 17.2 Å². The third kappa shape index (κ3) is 3.69. The van der Waals surface area contributed by atoms with Crippen LogP contribution in [-0.4, -0.2) is 22.1 Å². The number of anilines is 3. The first kappa shape index (κ1) is 19.4. The minimum Gasteiger partial charge on any atom is -0.496 e. The Labute approximate surface area is 174 Å². The number of nitrogens with two attached hydrogens (primary N) is 1. The van der Waals surface area contributed by atoms with Crippen LogP contribution >= 0.6 is 0 Å². The third-order valence-electron chi connectivity index (χ3n) is 4.87. The maximum absolute atomic E-state index is 6.31. The second-order valence-corrected chi connectivity index (χ2v) is 7.04. The predicted octanol–water partition coefficient (Wildman–Crippen LogP) is 5.08. The summed E-state index contributed by atoms with van der Waals surface area (Å²) in [5, 5.41) is 3.80. The molecule has 2 aromatic carbocycles. The molecule has 2 aromatic heterocycles. The van der Waals surface area contributed by atoms with Gasteiger partial charge in [-0.15, -0.1) is 0 Å². The Kier molecular flexibility index (Phi) is 5.10. The van der Waals surface area contributed by atoms with Crippen LogP contribution in [0.2, 0.25) is 0 Å². The first-order valence-electron chi connectivity index (χ1n) is 9.54. The minimum atomic E-state index is 0.330. The Hall–Kier alpha value is -3.87. The molecule has 30 heavy (non-hydrogen) atoms. The van der Waals surface area contributed by atoms with Gasteiger partial charge in [0.15, 0.2) is 0 Å². The number of nitrogens with one attached hydrogen (secondary N) is 1. The fraction of sp³-hybridized carbons (Fsp3) is 0.174. The topological polar surface area (TPSA) is 95.2 Å². The molecule has 0 saturated heterocycles. The normalized spacial score (nSPS) is 10.8. The standard InChI is InChI=1S/C23H23N5O2/c1-13-8-11-18(29-4)15(3)21(13)30-19-7-5-6-17-20(19)22(24)28-23(27-17)26-16-10-9-14(2)25-12-16/h5-12H,1-4H3,(H3,24,26,27,28). The van der Waals surface area contributed by atoms with E-state index in [1.54, 1.807) is 13.3 Å². The Bertz CT molecular complexity index is 1220. The van der Waals surface area contributed by atoms with Gasteiger partial charge in [0.1, 0.15) is 23.1 Å². The van der Waals surface area contributed by atoms with E-state index in [1.165, 1.54) is 0 Å². The summed E-state index contributed by atoms with van der Waals surface area (Å²) >= 11 is 0. The van der Waals surface area contributed by atoms with Crippen molar-refractivity contribution in [2.75, 3.05) is 18.2 Å². The SMILES string of the molecule is COc1ccc(C)c(Oc2cccc3nc(Nc4ccc(C)nc4)nc(N)c23)c1C. The third-order valence-corrected chi connectivity index (χ3v) is 4.87. The lowest BCUT2D eigenvalue weighted by molar-refractivity contribution is 0.404. The largest absolute Gasteiger partial charge is 0.496 e. The second kappa shape index (κ2) is 7.87. The van der Waals surface area contributed by atoms with Crippen LogP contribution in [0.15, 0.2) is 48.7 Å². The molecule has 0 unspecified atom stereocenters. The smallest absolute Gasteiger partial charge is 0.229 e. The molecule has 7 nitrogen and oxygen atoms in total. The van der Waals surface area contributed by atoms with Crippen molar-refractivity contribution in [3.63, 3.8) is 0 Å². The van der Waals surface area contributed by atoms with E-state index in [4.69, 9.17) is 15.2 Å². The molecule has 0 saturated carbocycles. The molecule has 0 atom stereocenters. The number of nitrogen functional groups attached to an aromatic ring is 1. The fourth-order valence-corrected chi connectivity index (χ4v) is 3.29. The van der Waals surface area contributed by atoms with Crippen molar-refractivity contribution in [1.82, 2.24) is 15.0 Å². The van der Waals surface area contributed by atoms with E-state index in [2.05, 4.69) is 20.3 Å². The van der Waals surface area contributed by atoms with Crippen LogP contribution in [0, 0.1) is 20.8 Å². The van der Waals surface area contributed by atoms with Crippen molar-refractivity contribution >= 4 is 28.4 Å². The van der Waals surface area contributed by atoms with Crippen molar-refractivity contribution < 1.29 is 9.47 Å². The average molecular weight is 401 g/mol. The molecule has 0 fully saturated rings. The minimum absolute atomic E-state index is 0.330. The Balaban J connectivity index is 1.73. The molecule has 4 rings (SSSR count). The number of pyridine rings is 1. The molecule has 0 spiro atoms. The predicted molar refractivity (Wildman–Crippen MR) is 119 cm³/mol. The number of hydrogen-bond acceptors (Lipinski definition) is 7. The van der Waals surface area contributed by atoms with Gasteiger partial charge in [-0.05, 0) is 56.7 Å². The molecule has 0 amide bonds. The summed E-state index contributed by atoms with van der Waals surface area (Å²) in [5.74, 6) is 2.81. The van der Waals surface area contributed by atoms with Gasteiger partial charge in [0, 0.05) is 11.3 Å². The van der Waals surface area contributed by atoms with Crippen LogP contribution in [0.5, 0.6) is 17.2 Å². The molecule has 0 aliphatic rings. The van der Waals surface area contributed by atoms with Crippen molar-refractivity contribution in [2.45, 2.75) is 20.8 Å². The van der Waals surface area contributed by atoms with E-state index >= 15 is 0 Å². The average Bonchev–Trinajstić information content (AvgIpc) is 2.73. The summed E-state index contributed by atoms with van der Waals surface area (Å²) in [6.45, 7) is 5.88. The zero-order valence-corrected chi connectivity index (χ0v) is 17.4. The second-order valence-electron chi connectivity index (χ2n) is 7.04. The highest BCUT2D eigenvalue weighted by atomic mass is 16.5. The summed E-state index contributed by atoms with van der Waals surface area (Å²) in [4.78, 5) is 13.3. The maximum Gasteiger partial charge on any atom is 0.229 e. The van der Waals surface area contributed by atoms with Gasteiger partial charge in [0.05, 0.1) is 29.9 Å². The summed E-state index contributed by atoms with van der Waals surface area (Å²) in [6, 6.07) is 13.3.